The fourth-order valence-electron chi connectivity index (χ4n) is 1.15. The van der Waals surface area contributed by atoms with E-state index in [1.165, 1.54) is 22.6 Å². The maximum Gasteiger partial charge on any atom is 0.257 e. The molecule has 0 amide bonds. The van der Waals surface area contributed by atoms with Crippen molar-refractivity contribution in [3.05, 3.63) is 35.4 Å². The van der Waals surface area contributed by atoms with Crippen molar-refractivity contribution in [3.8, 4) is 0 Å². The van der Waals surface area contributed by atoms with E-state index in [4.69, 9.17) is 11.6 Å². The van der Waals surface area contributed by atoms with E-state index in [9.17, 15) is 13.2 Å². The van der Waals surface area contributed by atoms with Crippen LogP contribution in [0.3, 0.4) is 0 Å². The minimum Gasteiger partial charge on any atom is -0.290 e. The monoisotopic (exact) mass is 372 g/mol. The molecule has 6 heteroatoms. The van der Waals surface area contributed by atoms with Gasteiger partial charge in [-0.3, -0.25) is 4.79 Å². The first-order valence-corrected chi connectivity index (χ1v) is 7.70. The Morgan fingerprint density at radius 2 is 1.88 bits per heavy atom. The Hall–Kier alpha value is -0.140. The van der Waals surface area contributed by atoms with Crippen LogP contribution < -0.4 is 0 Å². The molecule has 0 bridgehead atoms. The summed E-state index contributed by atoms with van der Waals surface area (Å²) in [6, 6.07) is 6.75. The Kier molecular flexibility index (Phi) is 4.02. The van der Waals surface area contributed by atoms with Crippen molar-refractivity contribution < 1.29 is 13.2 Å². The number of carbonyl (C=O) groups is 1. The molecule has 0 saturated carbocycles. The molecule has 88 valence electrons. The van der Waals surface area contributed by atoms with Gasteiger partial charge in [-0.2, -0.15) is 0 Å². The van der Waals surface area contributed by atoms with Gasteiger partial charge < -0.3 is 0 Å². The van der Waals surface area contributed by atoms with Crippen LogP contribution >= 0.6 is 34.2 Å². The molecule has 1 aromatic carbocycles. The molecule has 3 nitrogen and oxygen atoms in total. The van der Waals surface area contributed by atoms with Crippen LogP contribution in [0.5, 0.6) is 0 Å². The van der Waals surface area contributed by atoms with Crippen LogP contribution in [0.1, 0.15) is 15.9 Å². The van der Waals surface area contributed by atoms with Crippen molar-refractivity contribution in [1.29, 1.82) is 0 Å². The third-order valence-electron chi connectivity index (χ3n) is 2.12. The van der Waals surface area contributed by atoms with Gasteiger partial charge >= 0.3 is 0 Å². The van der Waals surface area contributed by atoms with E-state index in [1.54, 1.807) is 31.2 Å². The number of rotatable bonds is 3. The third kappa shape index (κ3) is 2.57. The molecule has 0 aliphatic carbocycles. The zero-order chi connectivity index (χ0) is 12.6. The Bertz CT molecular complexity index is 523. The predicted molar refractivity (Wildman–Crippen MR) is 73.0 cm³/mol. The maximum absolute atomic E-state index is 12.0. The smallest absolute Gasteiger partial charge is 0.257 e. The molecule has 0 spiro atoms. The number of Topliss-reactive ketones (excluding diaryl/α,β-unsaturated/α-hetero) is 1. The number of carbonyl (C=O) groups excluding carboxylic acids is 1. The van der Waals surface area contributed by atoms with Gasteiger partial charge in [-0.05, 0) is 35.1 Å². The number of ketones is 1. The van der Waals surface area contributed by atoms with E-state index in [-0.39, 0.29) is 0 Å². The van der Waals surface area contributed by atoms with Crippen molar-refractivity contribution in [2.75, 3.05) is 6.26 Å². The lowest BCUT2D eigenvalue weighted by Gasteiger charge is -2.17. The van der Waals surface area contributed by atoms with E-state index < -0.39 is 17.8 Å². The van der Waals surface area contributed by atoms with Crippen LogP contribution in [-0.4, -0.2) is 22.7 Å². The van der Waals surface area contributed by atoms with Crippen LogP contribution in [0.4, 0.5) is 0 Å². The molecule has 0 N–H and O–H groups in total. The molecule has 1 aromatic rings. The van der Waals surface area contributed by atoms with Gasteiger partial charge in [0.25, 0.3) is 2.21 Å². The van der Waals surface area contributed by atoms with Crippen LogP contribution in [0.2, 0.25) is 0 Å². The molecule has 0 radical (unpaired) electrons. The number of halogens is 2. The molecule has 0 fully saturated rings. The Balaban J connectivity index is 3.29. The third-order valence-corrected chi connectivity index (χ3v) is 7.14. The van der Waals surface area contributed by atoms with E-state index in [0.29, 0.717) is 11.1 Å². The lowest BCUT2D eigenvalue weighted by atomic mass is 10.1. The van der Waals surface area contributed by atoms with Gasteiger partial charge in [0.2, 0.25) is 5.78 Å². The summed E-state index contributed by atoms with van der Waals surface area (Å²) in [6.45, 7) is 1.74. The minimum atomic E-state index is -3.66. The molecule has 1 atom stereocenters. The predicted octanol–water partition coefficient (Wildman–Crippen LogP) is 2.55. The molecule has 0 aliphatic rings. The summed E-state index contributed by atoms with van der Waals surface area (Å²) in [5, 5.41) is 0. The molecule has 0 saturated heterocycles. The largest absolute Gasteiger partial charge is 0.290 e. The van der Waals surface area contributed by atoms with Crippen molar-refractivity contribution in [2.24, 2.45) is 0 Å². The molecule has 0 aliphatic heterocycles. The lowest BCUT2D eigenvalue weighted by molar-refractivity contribution is 0.100. The number of alkyl halides is 2. The second-order valence-corrected chi connectivity index (χ2v) is 9.37. The van der Waals surface area contributed by atoms with Gasteiger partial charge in [0.15, 0.2) is 9.84 Å². The van der Waals surface area contributed by atoms with Crippen molar-refractivity contribution >= 4 is 49.8 Å². The summed E-state index contributed by atoms with van der Waals surface area (Å²) >= 11 is 7.28. The molecule has 0 heterocycles. The van der Waals surface area contributed by atoms with E-state index in [2.05, 4.69) is 0 Å². The average molecular weight is 373 g/mol. The number of aryl methyl sites for hydroxylation is 1. The van der Waals surface area contributed by atoms with Crippen LogP contribution in [0.25, 0.3) is 0 Å². The van der Waals surface area contributed by atoms with E-state index >= 15 is 0 Å². The highest BCUT2D eigenvalue weighted by molar-refractivity contribution is 14.1. The zero-order valence-electron chi connectivity index (χ0n) is 8.70. The van der Waals surface area contributed by atoms with Gasteiger partial charge in [-0.15, -0.1) is 0 Å². The van der Waals surface area contributed by atoms with Crippen LogP contribution in [0, 0.1) is 6.92 Å². The van der Waals surface area contributed by atoms with Crippen LogP contribution in [0.15, 0.2) is 24.3 Å². The maximum atomic E-state index is 12.0. The second-order valence-electron chi connectivity index (χ2n) is 3.43. The summed E-state index contributed by atoms with van der Waals surface area (Å²) < 4.78 is 20.9. The van der Waals surface area contributed by atoms with Gasteiger partial charge in [-0.1, -0.05) is 35.9 Å². The average Bonchev–Trinajstić information content (AvgIpc) is 2.15. The zero-order valence-corrected chi connectivity index (χ0v) is 12.4. The highest BCUT2D eigenvalue weighted by Crippen LogP contribution is 2.34. The Morgan fingerprint density at radius 1 is 1.38 bits per heavy atom. The molecular weight excluding hydrogens is 363 g/mol. The molecule has 1 rings (SSSR count). The molecular formula is C10H10ClIO3S. The highest BCUT2D eigenvalue weighted by Gasteiger charge is 2.44. The topological polar surface area (TPSA) is 51.2 Å². The quantitative estimate of drug-likeness (QED) is 0.465. The number of sulfone groups is 1. The van der Waals surface area contributed by atoms with Crippen molar-refractivity contribution in [3.63, 3.8) is 0 Å². The first-order chi connectivity index (χ1) is 7.18. The summed E-state index contributed by atoms with van der Waals surface area (Å²) in [5.74, 6) is -0.602. The minimum absolute atomic E-state index is 0.331. The van der Waals surface area contributed by atoms with Gasteiger partial charge in [0.1, 0.15) is 0 Å². The van der Waals surface area contributed by atoms with E-state index in [1.807, 2.05) is 0 Å². The van der Waals surface area contributed by atoms with Gasteiger partial charge in [0.05, 0.1) is 0 Å². The standard InChI is InChI=1S/C10H10ClIO3S/c1-7-5-3-4-6-8(7)9(13)10(11,12)16(2,14)15/h3-6H,1-2H3/t10-/m0/s1. The van der Waals surface area contributed by atoms with Crippen LogP contribution in [-0.2, 0) is 9.84 Å². The lowest BCUT2D eigenvalue weighted by Crippen LogP contribution is -2.34. The van der Waals surface area contributed by atoms with E-state index in [0.717, 1.165) is 6.26 Å². The van der Waals surface area contributed by atoms with Gasteiger partial charge in [-0.25, -0.2) is 8.42 Å². The first-order valence-electron chi connectivity index (χ1n) is 4.36. The number of benzene rings is 1. The Morgan fingerprint density at radius 3 is 2.31 bits per heavy atom. The summed E-state index contributed by atoms with van der Waals surface area (Å²) in [6.07, 6.45) is 0.947. The SMILES string of the molecule is Cc1ccccc1C(=O)[C@](Cl)(I)S(C)(=O)=O. The molecule has 16 heavy (non-hydrogen) atoms. The van der Waals surface area contributed by atoms with Gasteiger partial charge in [0, 0.05) is 11.8 Å². The normalized spacial score (nSPS) is 15.5. The molecule has 0 aromatic heterocycles. The van der Waals surface area contributed by atoms with Crippen molar-refractivity contribution in [2.45, 2.75) is 9.14 Å². The highest BCUT2D eigenvalue weighted by atomic mass is 127. The van der Waals surface area contributed by atoms with Crippen molar-refractivity contribution in [1.82, 2.24) is 0 Å². The number of hydrogen-bond donors (Lipinski definition) is 0. The summed E-state index contributed by atoms with van der Waals surface area (Å²) in [7, 11) is -3.66. The number of hydrogen-bond acceptors (Lipinski definition) is 3. The fourth-order valence-corrected chi connectivity index (χ4v) is 1.99. The second kappa shape index (κ2) is 4.62. The molecule has 0 unspecified atom stereocenters. The Labute approximate surface area is 113 Å². The fraction of sp³-hybridized carbons (Fsp3) is 0.300. The summed E-state index contributed by atoms with van der Waals surface area (Å²) in [4.78, 5) is 12.0. The first kappa shape index (κ1) is 13.9. The summed E-state index contributed by atoms with van der Waals surface area (Å²) in [5.41, 5.74) is 1.04.